The Kier molecular flexibility index (Phi) is 5.08. The molecule has 4 nitrogen and oxygen atoms in total. The van der Waals surface area contributed by atoms with Gasteiger partial charge in [0.1, 0.15) is 0 Å². The first-order valence-corrected chi connectivity index (χ1v) is 4.10. The highest BCUT2D eigenvalue weighted by Gasteiger charge is 2.14. The van der Waals surface area contributed by atoms with Crippen LogP contribution < -0.4 is 10.6 Å². The van der Waals surface area contributed by atoms with E-state index >= 15 is 0 Å². The Morgan fingerprint density at radius 1 is 1.42 bits per heavy atom. The monoisotopic (exact) mass is 172 g/mol. The molecule has 0 aliphatic carbocycles. The first kappa shape index (κ1) is 10.9. The topological polar surface area (TPSA) is 58.2 Å². The van der Waals surface area contributed by atoms with Crippen molar-refractivity contribution in [3.05, 3.63) is 0 Å². The molecule has 0 saturated heterocycles. The Bertz CT molecular complexity index is 168. The zero-order chi connectivity index (χ0) is 9.56. The zero-order valence-electron chi connectivity index (χ0n) is 7.81. The van der Waals surface area contributed by atoms with Gasteiger partial charge in [-0.1, -0.05) is 6.92 Å². The van der Waals surface area contributed by atoms with Gasteiger partial charge >= 0.3 is 0 Å². The molecule has 0 fully saturated rings. The van der Waals surface area contributed by atoms with E-state index < -0.39 is 0 Å². The molecule has 0 saturated carbocycles. The first-order valence-electron chi connectivity index (χ1n) is 4.10. The van der Waals surface area contributed by atoms with Gasteiger partial charge < -0.3 is 10.6 Å². The van der Waals surface area contributed by atoms with E-state index in [0.717, 1.165) is 0 Å². The molecule has 12 heavy (non-hydrogen) atoms. The molecule has 2 amide bonds. The Morgan fingerprint density at radius 3 is 2.42 bits per heavy atom. The van der Waals surface area contributed by atoms with Gasteiger partial charge in [0, 0.05) is 25.9 Å². The fraction of sp³-hybridized carbons (Fsp3) is 0.750. The average molecular weight is 172 g/mol. The number of hydrogen-bond donors (Lipinski definition) is 2. The standard InChI is InChI=1S/C8H16N2O2/c1-4-10-7(11)5-6(2)8(12)9-3/h6H,4-5H2,1-3H3,(H,9,12)(H,10,11). The van der Waals surface area contributed by atoms with Gasteiger partial charge in [0.05, 0.1) is 0 Å². The summed E-state index contributed by atoms with van der Waals surface area (Å²) in [6.07, 6.45) is 0.257. The molecule has 0 heterocycles. The van der Waals surface area contributed by atoms with Crippen molar-refractivity contribution in [1.82, 2.24) is 10.6 Å². The van der Waals surface area contributed by atoms with Crippen LogP contribution >= 0.6 is 0 Å². The molecule has 2 N–H and O–H groups in total. The van der Waals surface area contributed by atoms with Crippen LogP contribution in [0.3, 0.4) is 0 Å². The second kappa shape index (κ2) is 5.57. The lowest BCUT2D eigenvalue weighted by Gasteiger charge is -2.08. The van der Waals surface area contributed by atoms with E-state index in [-0.39, 0.29) is 24.2 Å². The lowest BCUT2D eigenvalue weighted by molar-refractivity contribution is -0.129. The number of rotatable bonds is 4. The fourth-order valence-corrected chi connectivity index (χ4v) is 0.887. The van der Waals surface area contributed by atoms with Crippen molar-refractivity contribution in [2.24, 2.45) is 5.92 Å². The van der Waals surface area contributed by atoms with Crippen molar-refractivity contribution in [2.75, 3.05) is 13.6 Å². The van der Waals surface area contributed by atoms with Crippen LogP contribution in [-0.4, -0.2) is 25.4 Å². The zero-order valence-corrected chi connectivity index (χ0v) is 7.81. The molecule has 1 atom stereocenters. The molecule has 0 bridgehead atoms. The minimum absolute atomic E-state index is 0.0754. The van der Waals surface area contributed by atoms with E-state index in [1.165, 1.54) is 0 Å². The molecule has 4 heteroatoms. The smallest absolute Gasteiger partial charge is 0.223 e. The molecule has 0 spiro atoms. The van der Waals surface area contributed by atoms with Gasteiger partial charge in [0.15, 0.2) is 0 Å². The number of carbonyl (C=O) groups excluding carboxylic acids is 2. The fourth-order valence-electron chi connectivity index (χ4n) is 0.887. The van der Waals surface area contributed by atoms with Crippen molar-refractivity contribution in [3.63, 3.8) is 0 Å². The van der Waals surface area contributed by atoms with Crippen LogP contribution in [0.4, 0.5) is 0 Å². The number of hydrogen-bond acceptors (Lipinski definition) is 2. The SMILES string of the molecule is CCNC(=O)CC(C)C(=O)NC. The maximum absolute atomic E-state index is 11.0. The van der Waals surface area contributed by atoms with Crippen LogP contribution in [0.5, 0.6) is 0 Å². The van der Waals surface area contributed by atoms with Gasteiger partial charge in [0.2, 0.25) is 11.8 Å². The summed E-state index contributed by atoms with van der Waals surface area (Å²) in [5.74, 6) is -0.420. The molecule has 70 valence electrons. The van der Waals surface area contributed by atoms with Crippen molar-refractivity contribution in [3.8, 4) is 0 Å². The summed E-state index contributed by atoms with van der Waals surface area (Å²) in [7, 11) is 1.57. The summed E-state index contributed by atoms with van der Waals surface area (Å²) >= 11 is 0. The van der Waals surface area contributed by atoms with Crippen LogP contribution in [0.25, 0.3) is 0 Å². The molecule has 0 aromatic heterocycles. The van der Waals surface area contributed by atoms with Crippen LogP contribution in [0.15, 0.2) is 0 Å². The largest absolute Gasteiger partial charge is 0.359 e. The van der Waals surface area contributed by atoms with Crippen molar-refractivity contribution >= 4 is 11.8 Å². The van der Waals surface area contributed by atoms with E-state index in [1.807, 2.05) is 6.92 Å². The third kappa shape index (κ3) is 3.95. The lowest BCUT2D eigenvalue weighted by atomic mass is 10.1. The van der Waals surface area contributed by atoms with E-state index in [1.54, 1.807) is 14.0 Å². The van der Waals surface area contributed by atoms with Crippen molar-refractivity contribution in [2.45, 2.75) is 20.3 Å². The second-order valence-corrected chi connectivity index (χ2v) is 2.67. The van der Waals surface area contributed by atoms with Crippen LogP contribution in [0, 0.1) is 5.92 Å². The normalized spacial score (nSPS) is 11.9. The Labute approximate surface area is 72.7 Å². The highest BCUT2D eigenvalue weighted by Crippen LogP contribution is 2.00. The summed E-state index contributed by atoms with van der Waals surface area (Å²) in [6.45, 7) is 4.19. The van der Waals surface area contributed by atoms with Gasteiger partial charge in [-0.05, 0) is 6.92 Å². The summed E-state index contributed by atoms with van der Waals surface area (Å²) in [4.78, 5) is 21.9. The van der Waals surface area contributed by atoms with Crippen LogP contribution in [0.2, 0.25) is 0 Å². The van der Waals surface area contributed by atoms with Crippen LogP contribution in [-0.2, 0) is 9.59 Å². The molecule has 0 aromatic rings. The van der Waals surface area contributed by atoms with E-state index in [9.17, 15) is 9.59 Å². The van der Waals surface area contributed by atoms with Crippen LogP contribution in [0.1, 0.15) is 20.3 Å². The summed E-state index contributed by atoms with van der Waals surface area (Å²) in [6, 6.07) is 0. The maximum Gasteiger partial charge on any atom is 0.223 e. The predicted molar refractivity (Wildman–Crippen MR) is 46.5 cm³/mol. The van der Waals surface area contributed by atoms with E-state index in [2.05, 4.69) is 10.6 Å². The molecule has 0 aliphatic heterocycles. The highest BCUT2D eigenvalue weighted by molar-refractivity contribution is 5.85. The first-order chi connectivity index (χ1) is 5.61. The molecule has 1 unspecified atom stereocenters. The van der Waals surface area contributed by atoms with Gasteiger partial charge in [-0.15, -0.1) is 0 Å². The predicted octanol–water partition coefficient (Wildman–Crippen LogP) is -0.105. The van der Waals surface area contributed by atoms with Gasteiger partial charge in [0.25, 0.3) is 0 Å². The average Bonchev–Trinajstić information content (AvgIpc) is 2.03. The molecule has 0 aromatic carbocycles. The van der Waals surface area contributed by atoms with Gasteiger partial charge in [-0.3, -0.25) is 9.59 Å². The highest BCUT2D eigenvalue weighted by atomic mass is 16.2. The maximum atomic E-state index is 11.0. The molecular formula is C8H16N2O2. The number of amides is 2. The Hall–Kier alpha value is -1.06. The van der Waals surface area contributed by atoms with Crippen molar-refractivity contribution < 1.29 is 9.59 Å². The van der Waals surface area contributed by atoms with Gasteiger partial charge in [-0.25, -0.2) is 0 Å². The summed E-state index contributed by atoms with van der Waals surface area (Å²) in [5, 5.41) is 5.13. The minimum Gasteiger partial charge on any atom is -0.359 e. The van der Waals surface area contributed by atoms with Crippen molar-refractivity contribution in [1.29, 1.82) is 0 Å². The number of carbonyl (C=O) groups is 2. The third-order valence-electron chi connectivity index (χ3n) is 1.56. The van der Waals surface area contributed by atoms with Gasteiger partial charge in [-0.2, -0.15) is 0 Å². The summed E-state index contributed by atoms with van der Waals surface area (Å²) in [5.41, 5.74) is 0. The Balaban J connectivity index is 3.75. The molecule has 0 radical (unpaired) electrons. The second-order valence-electron chi connectivity index (χ2n) is 2.67. The van der Waals surface area contributed by atoms with E-state index in [4.69, 9.17) is 0 Å². The molecular weight excluding hydrogens is 156 g/mol. The minimum atomic E-state index is -0.249. The third-order valence-corrected chi connectivity index (χ3v) is 1.56. The lowest BCUT2D eigenvalue weighted by Crippen LogP contribution is -2.31. The number of nitrogens with one attached hydrogen (secondary N) is 2. The summed E-state index contributed by atoms with van der Waals surface area (Å²) < 4.78 is 0. The molecule has 0 aliphatic rings. The quantitative estimate of drug-likeness (QED) is 0.622. The Morgan fingerprint density at radius 2 is 2.00 bits per heavy atom. The van der Waals surface area contributed by atoms with E-state index in [0.29, 0.717) is 6.54 Å². The molecule has 0 rings (SSSR count).